The summed E-state index contributed by atoms with van der Waals surface area (Å²) >= 11 is 0. The van der Waals surface area contributed by atoms with Gasteiger partial charge in [0.2, 0.25) is 0 Å². The van der Waals surface area contributed by atoms with Crippen molar-refractivity contribution in [3.63, 3.8) is 0 Å². The van der Waals surface area contributed by atoms with E-state index in [0.29, 0.717) is 5.56 Å². The van der Waals surface area contributed by atoms with Crippen molar-refractivity contribution < 1.29 is 17.6 Å². The van der Waals surface area contributed by atoms with Crippen molar-refractivity contribution in [2.24, 2.45) is 11.7 Å². The predicted molar refractivity (Wildman–Crippen MR) is 53.3 cm³/mol. The van der Waals surface area contributed by atoms with Gasteiger partial charge in [0.15, 0.2) is 0 Å². The summed E-state index contributed by atoms with van der Waals surface area (Å²) in [7, 11) is 0. The number of benzene rings is 1. The van der Waals surface area contributed by atoms with Gasteiger partial charge in [0.1, 0.15) is 5.82 Å². The molecule has 0 saturated heterocycles. The van der Waals surface area contributed by atoms with Crippen LogP contribution in [0.1, 0.15) is 12.0 Å². The van der Waals surface area contributed by atoms with Gasteiger partial charge < -0.3 is 5.73 Å². The van der Waals surface area contributed by atoms with Crippen LogP contribution in [-0.2, 0) is 6.42 Å². The molecular formula is C11H13F4N. The second kappa shape index (κ2) is 5.30. The fourth-order valence-electron chi connectivity index (χ4n) is 1.49. The number of halogens is 4. The van der Waals surface area contributed by atoms with Crippen molar-refractivity contribution in [3.8, 4) is 0 Å². The fraction of sp³-hybridized carbons (Fsp3) is 0.455. The average molecular weight is 235 g/mol. The Morgan fingerprint density at radius 2 is 1.69 bits per heavy atom. The molecule has 90 valence electrons. The molecule has 1 atom stereocenters. The molecule has 1 aromatic rings. The van der Waals surface area contributed by atoms with Gasteiger partial charge in [0, 0.05) is 0 Å². The van der Waals surface area contributed by atoms with Crippen molar-refractivity contribution in [1.82, 2.24) is 0 Å². The maximum atomic E-state index is 12.6. The molecule has 0 aromatic heterocycles. The average Bonchev–Trinajstić information content (AvgIpc) is 2.19. The maximum Gasteiger partial charge on any atom is 0.392 e. The van der Waals surface area contributed by atoms with Crippen LogP contribution in [0.4, 0.5) is 17.6 Å². The first-order chi connectivity index (χ1) is 7.43. The predicted octanol–water partition coefficient (Wildman–Crippen LogP) is 2.90. The fourth-order valence-corrected chi connectivity index (χ4v) is 1.49. The Kier molecular flexibility index (Phi) is 4.29. The van der Waals surface area contributed by atoms with Gasteiger partial charge >= 0.3 is 6.18 Å². The second-order valence-electron chi connectivity index (χ2n) is 3.65. The lowest BCUT2D eigenvalue weighted by Crippen LogP contribution is -2.27. The van der Waals surface area contributed by atoms with E-state index in [2.05, 4.69) is 0 Å². The van der Waals surface area contributed by atoms with Crippen LogP contribution in [-0.4, -0.2) is 12.7 Å². The highest BCUT2D eigenvalue weighted by atomic mass is 19.4. The molecule has 5 heteroatoms. The maximum absolute atomic E-state index is 12.6. The lowest BCUT2D eigenvalue weighted by Gasteiger charge is -2.19. The Labute approximate surface area is 91.3 Å². The molecule has 0 aliphatic heterocycles. The first-order valence-electron chi connectivity index (χ1n) is 4.94. The third-order valence-corrected chi connectivity index (χ3v) is 2.37. The van der Waals surface area contributed by atoms with E-state index in [1.165, 1.54) is 12.1 Å². The van der Waals surface area contributed by atoms with E-state index in [4.69, 9.17) is 5.73 Å². The summed E-state index contributed by atoms with van der Waals surface area (Å²) in [5, 5.41) is 0. The molecule has 0 radical (unpaired) electrons. The number of hydrogen-bond donors (Lipinski definition) is 1. The zero-order valence-corrected chi connectivity index (χ0v) is 8.60. The second-order valence-corrected chi connectivity index (χ2v) is 3.65. The summed E-state index contributed by atoms with van der Waals surface area (Å²) in [6, 6.07) is 5.05. The number of rotatable bonds is 4. The Hall–Kier alpha value is -1.10. The quantitative estimate of drug-likeness (QED) is 0.798. The SMILES string of the molecule is NCCC(Cc1ccc(F)cc1)C(F)(F)F. The molecule has 1 aromatic carbocycles. The summed E-state index contributed by atoms with van der Waals surface area (Å²) in [6.07, 6.45) is -4.52. The summed E-state index contributed by atoms with van der Waals surface area (Å²) < 4.78 is 50.2. The number of hydrogen-bond acceptors (Lipinski definition) is 1. The Morgan fingerprint density at radius 3 is 2.12 bits per heavy atom. The van der Waals surface area contributed by atoms with E-state index >= 15 is 0 Å². The summed E-state index contributed by atoms with van der Waals surface area (Å²) in [5.41, 5.74) is 5.61. The van der Waals surface area contributed by atoms with Crippen LogP contribution in [0, 0.1) is 11.7 Å². The van der Waals surface area contributed by atoms with Gasteiger partial charge in [-0.3, -0.25) is 0 Å². The highest BCUT2D eigenvalue weighted by Gasteiger charge is 2.38. The van der Waals surface area contributed by atoms with E-state index in [-0.39, 0.29) is 19.4 Å². The molecule has 0 saturated carbocycles. The summed E-state index contributed by atoms with van der Waals surface area (Å²) in [6.45, 7) is -0.00856. The summed E-state index contributed by atoms with van der Waals surface area (Å²) in [4.78, 5) is 0. The first-order valence-corrected chi connectivity index (χ1v) is 4.94. The van der Waals surface area contributed by atoms with Gasteiger partial charge in [-0.15, -0.1) is 0 Å². The van der Waals surface area contributed by atoms with E-state index < -0.39 is 17.9 Å². The van der Waals surface area contributed by atoms with Gasteiger partial charge in [-0.2, -0.15) is 13.2 Å². The van der Waals surface area contributed by atoms with Gasteiger partial charge in [0.25, 0.3) is 0 Å². The molecular weight excluding hydrogens is 222 g/mol. The van der Waals surface area contributed by atoms with Crippen LogP contribution in [0.25, 0.3) is 0 Å². The molecule has 1 unspecified atom stereocenters. The van der Waals surface area contributed by atoms with E-state index in [1.807, 2.05) is 0 Å². The van der Waals surface area contributed by atoms with Crippen LogP contribution in [0.2, 0.25) is 0 Å². The third-order valence-electron chi connectivity index (χ3n) is 2.37. The molecule has 16 heavy (non-hydrogen) atoms. The number of alkyl halides is 3. The zero-order valence-electron chi connectivity index (χ0n) is 8.60. The minimum atomic E-state index is -4.26. The third kappa shape index (κ3) is 3.81. The van der Waals surface area contributed by atoms with Crippen LogP contribution in [0.5, 0.6) is 0 Å². The minimum Gasteiger partial charge on any atom is -0.330 e. The van der Waals surface area contributed by atoms with Crippen molar-refractivity contribution >= 4 is 0 Å². The van der Waals surface area contributed by atoms with Crippen LogP contribution in [0.3, 0.4) is 0 Å². The summed E-state index contributed by atoms with van der Waals surface area (Å²) in [5.74, 6) is -1.91. The van der Waals surface area contributed by atoms with E-state index in [1.54, 1.807) is 0 Å². The minimum absolute atomic E-state index is 0.00856. The van der Waals surface area contributed by atoms with Gasteiger partial charge in [-0.25, -0.2) is 4.39 Å². The largest absolute Gasteiger partial charge is 0.392 e. The van der Waals surface area contributed by atoms with Crippen molar-refractivity contribution in [2.45, 2.75) is 19.0 Å². The monoisotopic (exact) mass is 235 g/mol. The molecule has 0 fully saturated rings. The molecule has 2 N–H and O–H groups in total. The highest BCUT2D eigenvalue weighted by Crippen LogP contribution is 2.31. The molecule has 0 heterocycles. The van der Waals surface area contributed by atoms with Crippen molar-refractivity contribution in [3.05, 3.63) is 35.6 Å². The molecule has 0 spiro atoms. The van der Waals surface area contributed by atoms with Crippen LogP contribution in [0.15, 0.2) is 24.3 Å². The Balaban J connectivity index is 2.72. The van der Waals surface area contributed by atoms with Crippen LogP contribution < -0.4 is 5.73 Å². The van der Waals surface area contributed by atoms with Crippen LogP contribution >= 0.6 is 0 Å². The Morgan fingerprint density at radius 1 is 1.12 bits per heavy atom. The molecule has 0 amide bonds. The van der Waals surface area contributed by atoms with Gasteiger partial charge in [0.05, 0.1) is 5.92 Å². The lowest BCUT2D eigenvalue weighted by atomic mass is 9.96. The standard InChI is InChI=1S/C11H13F4N/c12-10-3-1-8(2-4-10)7-9(5-6-16)11(13,14)15/h1-4,9H,5-7,16H2. The van der Waals surface area contributed by atoms with Gasteiger partial charge in [-0.1, -0.05) is 12.1 Å². The lowest BCUT2D eigenvalue weighted by molar-refractivity contribution is -0.175. The zero-order chi connectivity index (χ0) is 12.2. The van der Waals surface area contributed by atoms with Crippen molar-refractivity contribution in [2.75, 3.05) is 6.54 Å². The Bertz CT molecular complexity index is 318. The van der Waals surface area contributed by atoms with E-state index in [0.717, 1.165) is 12.1 Å². The first kappa shape index (κ1) is 13.0. The van der Waals surface area contributed by atoms with E-state index in [9.17, 15) is 17.6 Å². The molecule has 1 rings (SSSR count). The highest BCUT2D eigenvalue weighted by molar-refractivity contribution is 5.16. The van der Waals surface area contributed by atoms with Gasteiger partial charge in [-0.05, 0) is 37.1 Å². The number of nitrogens with two attached hydrogens (primary N) is 1. The van der Waals surface area contributed by atoms with Crippen molar-refractivity contribution in [1.29, 1.82) is 0 Å². The smallest absolute Gasteiger partial charge is 0.330 e. The molecule has 0 bridgehead atoms. The molecule has 0 aliphatic rings. The molecule has 0 aliphatic carbocycles. The topological polar surface area (TPSA) is 26.0 Å². The normalized spacial score (nSPS) is 13.8. The molecule has 1 nitrogen and oxygen atoms in total.